The van der Waals surface area contributed by atoms with Crippen LogP contribution in [0.15, 0.2) is 30.3 Å². The Hall–Kier alpha value is -1.06. The summed E-state index contributed by atoms with van der Waals surface area (Å²) in [5.41, 5.74) is 1.20. The first kappa shape index (κ1) is 15.0. The molecule has 1 unspecified atom stereocenters. The van der Waals surface area contributed by atoms with Crippen LogP contribution >= 0.6 is 0 Å². The van der Waals surface area contributed by atoms with Crippen LogP contribution in [0.3, 0.4) is 0 Å². The van der Waals surface area contributed by atoms with E-state index >= 15 is 0 Å². The SMILES string of the molecule is CCN(CCNc1ccccc1)C(C)CN(C)C. The van der Waals surface area contributed by atoms with Crippen LogP contribution in [0.4, 0.5) is 5.69 Å². The largest absolute Gasteiger partial charge is 0.384 e. The molecule has 18 heavy (non-hydrogen) atoms. The quantitative estimate of drug-likeness (QED) is 0.763. The van der Waals surface area contributed by atoms with Crippen molar-refractivity contribution in [3.63, 3.8) is 0 Å². The van der Waals surface area contributed by atoms with Gasteiger partial charge in [0, 0.05) is 31.4 Å². The second kappa shape index (κ2) is 8.11. The van der Waals surface area contributed by atoms with Gasteiger partial charge in [0.2, 0.25) is 0 Å². The van der Waals surface area contributed by atoms with Crippen molar-refractivity contribution >= 4 is 5.69 Å². The molecule has 1 N–H and O–H groups in total. The second-order valence-corrected chi connectivity index (χ2v) is 5.03. The normalized spacial score (nSPS) is 13.0. The van der Waals surface area contributed by atoms with E-state index in [1.165, 1.54) is 5.69 Å². The van der Waals surface area contributed by atoms with Crippen LogP contribution in [-0.4, -0.2) is 56.1 Å². The average molecular weight is 249 g/mol. The molecular weight excluding hydrogens is 222 g/mol. The van der Waals surface area contributed by atoms with Crippen LogP contribution in [0.5, 0.6) is 0 Å². The molecule has 1 atom stereocenters. The predicted molar refractivity (Wildman–Crippen MR) is 80.2 cm³/mol. The lowest BCUT2D eigenvalue weighted by Crippen LogP contribution is -2.42. The summed E-state index contributed by atoms with van der Waals surface area (Å²) in [6.45, 7) is 8.82. The Labute approximate surface area is 112 Å². The third-order valence-corrected chi connectivity index (χ3v) is 3.16. The van der Waals surface area contributed by atoms with Crippen molar-refractivity contribution in [2.75, 3.05) is 45.6 Å². The van der Waals surface area contributed by atoms with Crippen molar-refractivity contribution < 1.29 is 0 Å². The fourth-order valence-corrected chi connectivity index (χ4v) is 2.23. The summed E-state index contributed by atoms with van der Waals surface area (Å²) in [5.74, 6) is 0. The van der Waals surface area contributed by atoms with Crippen molar-refractivity contribution in [2.45, 2.75) is 19.9 Å². The molecule has 1 aromatic rings. The van der Waals surface area contributed by atoms with Crippen LogP contribution < -0.4 is 5.32 Å². The van der Waals surface area contributed by atoms with Crippen LogP contribution in [0.2, 0.25) is 0 Å². The zero-order valence-corrected chi connectivity index (χ0v) is 12.2. The molecule has 0 amide bonds. The highest BCUT2D eigenvalue weighted by Crippen LogP contribution is 2.05. The molecule has 0 bridgehead atoms. The second-order valence-electron chi connectivity index (χ2n) is 5.03. The number of likely N-dealkylation sites (N-methyl/N-ethyl adjacent to an activating group) is 2. The Morgan fingerprint density at radius 2 is 1.83 bits per heavy atom. The summed E-state index contributed by atoms with van der Waals surface area (Å²) in [5, 5.41) is 3.46. The third kappa shape index (κ3) is 5.52. The lowest BCUT2D eigenvalue weighted by atomic mass is 10.2. The van der Waals surface area contributed by atoms with E-state index in [2.05, 4.69) is 67.3 Å². The van der Waals surface area contributed by atoms with Gasteiger partial charge >= 0.3 is 0 Å². The Bertz CT molecular complexity index is 311. The van der Waals surface area contributed by atoms with Gasteiger partial charge in [-0.15, -0.1) is 0 Å². The van der Waals surface area contributed by atoms with Gasteiger partial charge in [-0.25, -0.2) is 0 Å². The molecule has 1 aromatic carbocycles. The van der Waals surface area contributed by atoms with E-state index in [1.54, 1.807) is 0 Å². The Morgan fingerprint density at radius 1 is 1.17 bits per heavy atom. The van der Waals surface area contributed by atoms with E-state index in [-0.39, 0.29) is 0 Å². The number of para-hydroxylation sites is 1. The van der Waals surface area contributed by atoms with Gasteiger partial charge in [-0.05, 0) is 39.7 Å². The highest BCUT2D eigenvalue weighted by atomic mass is 15.2. The van der Waals surface area contributed by atoms with Crippen molar-refractivity contribution in [3.8, 4) is 0 Å². The molecule has 0 aliphatic carbocycles. The number of hydrogen-bond acceptors (Lipinski definition) is 3. The van der Waals surface area contributed by atoms with E-state index in [0.717, 1.165) is 26.2 Å². The van der Waals surface area contributed by atoms with E-state index < -0.39 is 0 Å². The first-order valence-electron chi connectivity index (χ1n) is 6.81. The molecule has 0 aliphatic rings. The molecule has 3 nitrogen and oxygen atoms in total. The monoisotopic (exact) mass is 249 g/mol. The van der Waals surface area contributed by atoms with E-state index in [0.29, 0.717) is 6.04 Å². The van der Waals surface area contributed by atoms with Crippen molar-refractivity contribution in [1.82, 2.24) is 9.80 Å². The predicted octanol–water partition coefficient (Wildman–Crippen LogP) is 2.37. The number of nitrogens with one attached hydrogen (secondary N) is 1. The fraction of sp³-hybridized carbons (Fsp3) is 0.600. The van der Waals surface area contributed by atoms with Gasteiger partial charge in [0.05, 0.1) is 0 Å². The lowest BCUT2D eigenvalue weighted by molar-refractivity contribution is 0.188. The first-order chi connectivity index (χ1) is 8.63. The number of anilines is 1. The maximum Gasteiger partial charge on any atom is 0.0340 e. The maximum absolute atomic E-state index is 3.46. The molecule has 0 aromatic heterocycles. The molecular formula is C15H27N3. The van der Waals surface area contributed by atoms with Gasteiger partial charge in [0.25, 0.3) is 0 Å². The smallest absolute Gasteiger partial charge is 0.0340 e. The molecule has 0 radical (unpaired) electrons. The van der Waals surface area contributed by atoms with Crippen molar-refractivity contribution in [1.29, 1.82) is 0 Å². The average Bonchev–Trinajstić information content (AvgIpc) is 2.35. The van der Waals surface area contributed by atoms with Crippen LogP contribution in [0, 0.1) is 0 Å². The van der Waals surface area contributed by atoms with E-state index in [4.69, 9.17) is 0 Å². The van der Waals surface area contributed by atoms with Crippen LogP contribution in [0.25, 0.3) is 0 Å². The number of hydrogen-bond donors (Lipinski definition) is 1. The third-order valence-electron chi connectivity index (χ3n) is 3.16. The summed E-state index contributed by atoms with van der Waals surface area (Å²) in [4.78, 5) is 4.76. The zero-order chi connectivity index (χ0) is 13.4. The number of nitrogens with zero attached hydrogens (tertiary/aromatic N) is 2. The minimum Gasteiger partial charge on any atom is -0.384 e. The lowest BCUT2D eigenvalue weighted by Gasteiger charge is -2.30. The molecule has 0 saturated heterocycles. The summed E-state index contributed by atoms with van der Waals surface area (Å²) < 4.78 is 0. The topological polar surface area (TPSA) is 18.5 Å². The molecule has 3 heteroatoms. The first-order valence-corrected chi connectivity index (χ1v) is 6.81. The summed E-state index contributed by atoms with van der Waals surface area (Å²) >= 11 is 0. The minimum absolute atomic E-state index is 0.600. The fourth-order valence-electron chi connectivity index (χ4n) is 2.23. The molecule has 0 saturated carbocycles. The molecule has 0 aliphatic heterocycles. The van der Waals surface area contributed by atoms with Crippen molar-refractivity contribution in [2.24, 2.45) is 0 Å². The van der Waals surface area contributed by atoms with Crippen LogP contribution in [-0.2, 0) is 0 Å². The highest BCUT2D eigenvalue weighted by molar-refractivity contribution is 5.42. The standard InChI is InChI=1S/C15H27N3/c1-5-18(14(2)13-17(3)4)12-11-16-15-9-7-6-8-10-15/h6-10,14,16H,5,11-13H2,1-4H3. The minimum atomic E-state index is 0.600. The summed E-state index contributed by atoms with van der Waals surface area (Å²) in [6, 6.07) is 11.0. The molecule has 0 heterocycles. The van der Waals surface area contributed by atoms with Gasteiger partial charge in [0.15, 0.2) is 0 Å². The van der Waals surface area contributed by atoms with Gasteiger partial charge in [-0.1, -0.05) is 25.1 Å². The summed E-state index contributed by atoms with van der Waals surface area (Å²) in [7, 11) is 4.26. The van der Waals surface area contributed by atoms with Gasteiger partial charge in [-0.2, -0.15) is 0 Å². The van der Waals surface area contributed by atoms with Gasteiger partial charge < -0.3 is 10.2 Å². The molecule has 0 spiro atoms. The van der Waals surface area contributed by atoms with Gasteiger partial charge in [0.1, 0.15) is 0 Å². The number of rotatable bonds is 8. The Kier molecular flexibility index (Phi) is 6.76. The van der Waals surface area contributed by atoms with E-state index in [9.17, 15) is 0 Å². The van der Waals surface area contributed by atoms with E-state index in [1.807, 2.05) is 6.07 Å². The van der Waals surface area contributed by atoms with Gasteiger partial charge in [-0.3, -0.25) is 4.90 Å². The van der Waals surface area contributed by atoms with Crippen molar-refractivity contribution in [3.05, 3.63) is 30.3 Å². The number of benzene rings is 1. The molecule has 1 rings (SSSR count). The molecule has 102 valence electrons. The van der Waals surface area contributed by atoms with Crippen LogP contribution in [0.1, 0.15) is 13.8 Å². The maximum atomic E-state index is 3.46. The summed E-state index contributed by atoms with van der Waals surface area (Å²) in [6.07, 6.45) is 0. The zero-order valence-electron chi connectivity index (χ0n) is 12.2. The highest BCUT2D eigenvalue weighted by Gasteiger charge is 2.11. The Balaban J connectivity index is 2.31. The molecule has 0 fully saturated rings. The Morgan fingerprint density at radius 3 is 2.39 bits per heavy atom.